The first-order valence-electron chi connectivity index (χ1n) is 3.66. The van der Waals surface area contributed by atoms with Crippen LogP contribution >= 0.6 is 25.3 Å². The lowest BCUT2D eigenvalue weighted by atomic mass is 10.0. The fourth-order valence-electron chi connectivity index (χ4n) is 0.944. The molecule has 0 aromatic carbocycles. The highest BCUT2D eigenvalue weighted by atomic mass is 32.1. The lowest BCUT2D eigenvalue weighted by Crippen LogP contribution is -2.25. The van der Waals surface area contributed by atoms with E-state index in [-0.39, 0.29) is 17.1 Å². The van der Waals surface area contributed by atoms with Gasteiger partial charge in [-0.15, -0.1) is 0 Å². The minimum atomic E-state index is -0.236. The van der Waals surface area contributed by atoms with Gasteiger partial charge in [-0.2, -0.15) is 25.3 Å². The molecule has 2 N–H and O–H groups in total. The molecule has 0 aliphatic heterocycles. The molecule has 0 spiro atoms. The summed E-state index contributed by atoms with van der Waals surface area (Å²) in [6.45, 7) is 1.96. The van der Waals surface area contributed by atoms with E-state index in [0.717, 1.165) is 12.8 Å². The van der Waals surface area contributed by atoms with E-state index in [0.29, 0.717) is 5.75 Å². The zero-order valence-corrected chi connectivity index (χ0v) is 8.44. The third-order valence-electron chi connectivity index (χ3n) is 1.51. The Kier molecular flexibility index (Phi) is 5.86. The highest BCUT2D eigenvalue weighted by Gasteiger charge is 2.15. The number of hydrogen-bond acceptors (Lipinski definition) is 3. The average Bonchev–Trinajstić information content (AvgIpc) is 1.86. The van der Waals surface area contributed by atoms with Crippen molar-refractivity contribution in [1.29, 1.82) is 0 Å². The van der Waals surface area contributed by atoms with Crippen LogP contribution in [0.25, 0.3) is 0 Å². The molecule has 1 amide bonds. The molecule has 0 rings (SSSR count). The third kappa shape index (κ3) is 5.44. The number of nitrogens with two attached hydrogens (primary N) is 1. The molecular formula is C7H15NOS2. The first-order valence-corrected chi connectivity index (χ1v) is 4.81. The zero-order valence-electron chi connectivity index (χ0n) is 6.66. The van der Waals surface area contributed by atoms with E-state index in [2.05, 4.69) is 25.3 Å². The fourth-order valence-corrected chi connectivity index (χ4v) is 1.51. The summed E-state index contributed by atoms with van der Waals surface area (Å²) in [7, 11) is 0. The van der Waals surface area contributed by atoms with Gasteiger partial charge in [0.25, 0.3) is 0 Å². The Morgan fingerprint density at radius 3 is 2.45 bits per heavy atom. The second-order valence-electron chi connectivity index (χ2n) is 2.70. The van der Waals surface area contributed by atoms with Gasteiger partial charge in [0.15, 0.2) is 0 Å². The number of thiol groups is 2. The zero-order chi connectivity index (χ0) is 8.85. The molecule has 0 saturated carbocycles. The molecule has 0 saturated heterocycles. The van der Waals surface area contributed by atoms with Crippen LogP contribution in [0.5, 0.6) is 0 Å². The van der Waals surface area contributed by atoms with Crippen molar-refractivity contribution in [2.75, 3.05) is 5.75 Å². The predicted molar refractivity (Wildman–Crippen MR) is 54.2 cm³/mol. The first-order chi connectivity index (χ1) is 5.07. The maximum absolute atomic E-state index is 10.8. The van der Waals surface area contributed by atoms with Crippen molar-refractivity contribution >= 4 is 31.2 Å². The molecule has 2 atom stereocenters. The molecule has 4 heteroatoms. The first kappa shape index (κ1) is 11.2. The molecule has 2 unspecified atom stereocenters. The second kappa shape index (κ2) is 5.77. The van der Waals surface area contributed by atoms with Crippen molar-refractivity contribution in [2.24, 2.45) is 11.7 Å². The lowest BCUT2D eigenvalue weighted by Gasteiger charge is -2.13. The van der Waals surface area contributed by atoms with E-state index in [9.17, 15) is 4.79 Å². The van der Waals surface area contributed by atoms with Crippen LogP contribution in [-0.4, -0.2) is 16.9 Å². The van der Waals surface area contributed by atoms with Crippen LogP contribution in [0.15, 0.2) is 0 Å². The van der Waals surface area contributed by atoms with Crippen LogP contribution in [0.2, 0.25) is 0 Å². The summed E-state index contributed by atoms with van der Waals surface area (Å²) in [5.41, 5.74) is 5.16. The summed E-state index contributed by atoms with van der Waals surface area (Å²) in [5, 5.41) is 0.229. The minimum absolute atomic E-state index is 0.0556. The minimum Gasteiger partial charge on any atom is -0.369 e. The van der Waals surface area contributed by atoms with Crippen LogP contribution in [0.1, 0.15) is 19.8 Å². The van der Waals surface area contributed by atoms with Gasteiger partial charge < -0.3 is 5.73 Å². The van der Waals surface area contributed by atoms with Crippen molar-refractivity contribution in [3.05, 3.63) is 0 Å². The van der Waals surface area contributed by atoms with Gasteiger partial charge in [0, 0.05) is 5.92 Å². The van der Waals surface area contributed by atoms with E-state index < -0.39 is 0 Å². The van der Waals surface area contributed by atoms with Crippen LogP contribution in [-0.2, 0) is 4.79 Å². The molecule has 0 heterocycles. The second-order valence-corrected chi connectivity index (χ2v) is 4.03. The van der Waals surface area contributed by atoms with Crippen LogP contribution in [0.4, 0.5) is 0 Å². The predicted octanol–water partition coefficient (Wildman–Crippen LogP) is 1.12. The van der Waals surface area contributed by atoms with Crippen molar-refractivity contribution in [3.8, 4) is 0 Å². The number of carbonyl (C=O) groups excluding carboxylic acids is 1. The van der Waals surface area contributed by atoms with Gasteiger partial charge in [-0.25, -0.2) is 0 Å². The van der Waals surface area contributed by atoms with Gasteiger partial charge in [0.1, 0.15) is 0 Å². The molecule has 0 aliphatic rings. The Morgan fingerprint density at radius 2 is 2.18 bits per heavy atom. The van der Waals surface area contributed by atoms with Gasteiger partial charge in [-0.3, -0.25) is 4.79 Å². The van der Waals surface area contributed by atoms with Crippen molar-refractivity contribution in [2.45, 2.75) is 25.0 Å². The lowest BCUT2D eigenvalue weighted by molar-refractivity contribution is -0.122. The summed E-state index contributed by atoms with van der Waals surface area (Å²) in [6, 6.07) is 0. The Balaban J connectivity index is 3.79. The highest BCUT2D eigenvalue weighted by Crippen LogP contribution is 2.14. The summed E-state index contributed by atoms with van der Waals surface area (Å²) in [6.07, 6.45) is 1.50. The van der Waals surface area contributed by atoms with E-state index in [1.54, 1.807) is 0 Å². The molecule has 11 heavy (non-hydrogen) atoms. The Bertz CT molecular complexity index is 128. The maximum atomic E-state index is 10.8. The van der Waals surface area contributed by atoms with Crippen LogP contribution in [0, 0.1) is 5.92 Å². The summed E-state index contributed by atoms with van der Waals surface area (Å²) in [4.78, 5) is 10.8. The molecule has 66 valence electrons. The average molecular weight is 193 g/mol. The van der Waals surface area contributed by atoms with Crippen molar-refractivity contribution in [1.82, 2.24) is 0 Å². The Morgan fingerprint density at radius 1 is 1.64 bits per heavy atom. The topological polar surface area (TPSA) is 43.1 Å². The van der Waals surface area contributed by atoms with E-state index in [1.807, 2.05) is 6.92 Å². The quantitative estimate of drug-likeness (QED) is 0.563. The molecule has 0 aromatic rings. The highest BCUT2D eigenvalue weighted by molar-refractivity contribution is 7.80. The van der Waals surface area contributed by atoms with Gasteiger partial charge in [0.05, 0.1) is 0 Å². The Hall–Kier alpha value is 0.170. The normalized spacial score (nSPS) is 15.9. The van der Waals surface area contributed by atoms with Crippen LogP contribution in [0.3, 0.4) is 0 Å². The maximum Gasteiger partial charge on any atom is 0.220 e. The number of hydrogen-bond donors (Lipinski definition) is 3. The van der Waals surface area contributed by atoms with Crippen molar-refractivity contribution in [3.63, 3.8) is 0 Å². The standard InChI is InChI=1S/C7H15NOS2/c1-5(11)4-6(2-3-10)7(8)9/h5-6,10-11H,2-4H2,1H3,(H2,8,9). The largest absolute Gasteiger partial charge is 0.369 e. The molecule has 0 aromatic heterocycles. The van der Waals surface area contributed by atoms with Gasteiger partial charge in [-0.1, -0.05) is 6.92 Å². The summed E-state index contributed by atoms with van der Waals surface area (Å²) in [5.74, 6) is 0.411. The van der Waals surface area contributed by atoms with Gasteiger partial charge in [-0.05, 0) is 23.8 Å². The summed E-state index contributed by atoms with van der Waals surface area (Å²) < 4.78 is 0. The van der Waals surface area contributed by atoms with E-state index in [4.69, 9.17) is 5.73 Å². The molecular weight excluding hydrogens is 178 g/mol. The van der Waals surface area contributed by atoms with E-state index in [1.165, 1.54) is 0 Å². The number of carbonyl (C=O) groups is 1. The molecule has 2 nitrogen and oxygen atoms in total. The number of primary amides is 1. The van der Waals surface area contributed by atoms with Crippen LogP contribution < -0.4 is 5.73 Å². The molecule has 0 aliphatic carbocycles. The van der Waals surface area contributed by atoms with Gasteiger partial charge >= 0.3 is 0 Å². The summed E-state index contributed by atoms with van der Waals surface area (Å²) >= 11 is 8.24. The molecule has 0 fully saturated rings. The molecule has 0 radical (unpaired) electrons. The Labute approximate surface area is 78.7 Å². The van der Waals surface area contributed by atoms with Crippen molar-refractivity contribution < 1.29 is 4.79 Å². The van der Waals surface area contributed by atoms with Gasteiger partial charge in [0.2, 0.25) is 5.91 Å². The fraction of sp³-hybridized carbons (Fsp3) is 0.857. The smallest absolute Gasteiger partial charge is 0.220 e. The SMILES string of the molecule is CC(S)CC(CCS)C(N)=O. The van der Waals surface area contributed by atoms with E-state index >= 15 is 0 Å². The third-order valence-corrected chi connectivity index (χ3v) is 1.97. The monoisotopic (exact) mass is 193 g/mol. The number of rotatable bonds is 5. The molecule has 0 bridgehead atoms. The number of amides is 1.